The lowest BCUT2D eigenvalue weighted by Crippen LogP contribution is -2.49. The van der Waals surface area contributed by atoms with Gasteiger partial charge in [-0.15, -0.1) is 0 Å². The van der Waals surface area contributed by atoms with Crippen molar-refractivity contribution >= 4 is 17.8 Å². The fraction of sp³-hybridized carbons (Fsp3) is 0.786. The number of amides is 2. The van der Waals surface area contributed by atoms with E-state index in [1.165, 1.54) is 0 Å². The molecule has 2 N–H and O–H groups in total. The van der Waals surface area contributed by atoms with Crippen LogP contribution in [0.3, 0.4) is 0 Å². The minimum Gasteiger partial charge on any atom is -0.480 e. The molecule has 0 bridgehead atoms. The first kappa shape index (κ1) is 13.4. The number of carboxylic acids is 1. The second-order valence-corrected chi connectivity index (χ2v) is 6.15. The second-order valence-electron chi connectivity index (χ2n) is 6.15. The molecule has 3 rings (SSSR count). The van der Waals surface area contributed by atoms with Crippen LogP contribution in [0.4, 0.5) is 0 Å². The zero-order valence-electron chi connectivity index (χ0n) is 11.4. The van der Waals surface area contributed by atoms with E-state index in [1.807, 2.05) is 0 Å². The molecule has 0 spiro atoms. The Morgan fingerprint density at radius 1 is 1.25 bits per heavy atom. The minimum atomic E-state index is -0.912. The SMILES string of the molecule is O=C1CC(C(=O)N2C(C(=O)O)CC3CCCCC32)CN1. The van der Waals surface area contributed by atoms with E-state index in [2.05, 4.69) is 5.32 Å². The van der Waals surface area contributed by atoms with Gasteiger partial charge >= 0.3 is 5.97 Å². The number of carbonyl (C=O) groups is 3. The van der Waals surface area contributed by atoms with Gasteiger partial charge in [0.15, 0.2) is 0 Å². The first-order chi connectivity index (χ1) is 9.58. The van der Waals surface area contributed by atoms with Gasteiger partial charge in [-0.2, -0.15) is 0 Å². The lowest BCUT2D eigenvalue weighted by atomic mass is 9.84. The van der Waals surface area contributed by atoms with Crippen molar-refractivity contribution < 1.29 is 19.5 Å². The van der Waals surface area contributed by atoms with Gasteiger partial charge in [-0.25, -0.2) is 4.79 Å². The van der Waals surface area contributed by atoms with Crippen molar-refractivity contribution in [2.75, 3.05) is 6.54 Å². The fourth-order valence-corrected chi connectivity index (χ4v) is 3.99. The van der Waals surface area contributed by atoms with E-state index in [4.69, 9.17) is 0 Å². The summed E-state index contributed by atoms with van der Waals surface area (Å²) in [4.78, 5) is 37.0. The van der Waals surface area contributed by atoms with Crippen LogP contribution < -0.4 is 5.32 Å². The third-order valence-electron chi connectivity index (χ3n) is 4.95. The maximum absolute atomic E-state index is 12.6. The molecule has 6 nitrogen and oxygen atoms in total. The van der Waals surface area contributed by atoms with Crippen molar-refractivity contribution in [3.8, 4) is 0 Å². The maximum Gasteiger partial charge on any atom is 0.326 e. The van der Waals surface area contributed by atoms with Gasteiger partial charge in [0.05, 0.1) is 5.92 Å². The Morgan fingerprint density at radius 2 is 2.00 bits per heavy atom. The van der Waals surface area contributed by atoms with Gasteiger partial charge in [0.25, 0.3) is 0 Å². The summed E-state index contributed by atoms with van der Waals surface area (Å²) in [5.74, 6) is -1.24. The molecule has 2 heterocycles. The first-order valence-electron chi connectivity index (χ1n) is 7.39. The van der Waals surface area contributed by atoms with Crippen molar-refractivity contribution in [1.82, 2.24) is 10.2 Å². The average molecular weight is 280 g/mol. The van der Waals surface area contributed by atoms with Crippen LogP contribution in [0.1, 0.15) is 38.5 Å². The lowest BCUT2D eigenvalue weighted by Gasteiger charge is -2.34. The predicted octanol–water partition coefficient (Wildman–Crippen LogP) is 0.367. The summed E-state index contributed by atoms with van der Waals surface area (Å²) in [6.45, 7) is 0.345. The summed E-state index contributed by atoms with van der Waals surface area (Å²) in [6.07, 6.45) is 4.85. The Morgan fingerprint density at radius 3 is 2.65 bits per heavy atom. The molecule has 0 aromatic carbocycles. The normalized spacial score (nSPS) is 36.6. The number of carboxylic acid groups (broad SMARTS) is 1. The maximum atomic E-state index is 12.6. The zero-order chi connectivity index (χ0) is 14.3. The van der Waals surface area contributed by atoms with E-state index in [1.54, 1.807) is 4.90 Å². The summed E-state index contributed by atoms with van der Waals surface area (Å²) in [5, 5.41) is 12.1. The zero-order valence-corrected chi connectivity index (χ0v) is 11.4. The van der Waals surface area contributed by atoms with Crippen LogP contribution in [0.25, 0.3) is 0 Å². The summed E-state index contributed by atoms with van der Waals surface area (Å²) in [6, 6.07) is -0.639. The highest BCUT2D eigenvalue weighted by Gasteiger charge is 2.49. The largest absolute Gasteiger partial charge is 0.480 e. The summed E-state index contributed by atoms with van der Waals surface area (Å²) >= 11 is 0. The molecule has 3 fully saturated rings. The first-order valence-corrected chi connectivity index (χ1v) is 7.39. The van der Waals surface area contributed by atoms with Gasteiger partial charge in [-0.1, -0.05) is 12.8 Å². The number of hydrogen-bond donors (Lipinski definition) is 2. The highest BCUT2D eigenvalue weighted by Crippen LogP contribution is 2.40. The second kappa shape index (κ2) is 5.07. The van der Waals surface area contributed by atoms with Crippen LogP contribution in [0.5, 0.6) is 0 Å². The molecular formula is C14H20N2O4. The number of hydrogen-bond acceptors (Lipinski definition) is 3. The van der Waals surface area contributed by atoms with Crippen LogP contribution in [0.15, 0.2) is 0 Å². The van der Waals surface area contributed by atoms with Crippen LogP contribution in [0, 0.1) is 11.8 Å². The number of carbonyl (C=O) groups excluding carboxylic acids is 2. The van der Waals surface area contributed by atoms with Gasteiger partial charge < -0.3 is 15.3 Å². The number of likely N-dealkylation sites (tertiary alicyclic amines) is 1. The van der Waals surface area contributed by atoms with Crippen molar-refractivity contribution in [2.24, 2.45) is 11.8 Å². The molecule has 1 saturated carbocycles. The number of aliphatic carboxylic acids is 1. The fourth-order valence-electron chi connectivity index (χ4n) is 3.99. The molecule has 3 aliphatic rings. The van der Waals surface area contributed by atoms with Crippen molar-refractivity contribution in [3.63, 3.8) is 0 Å². The van der Waals surface area contributed by atoms with Crippen LogP contribution in [-0.4, -0.2) is 46.4 Å². The van der Waals surface area contributed by atoms with Crippen molar-refractivity contribution in [2.45, 2.75) is 50.6 Å². The molecule has 20 heavy (non-hydrogen) atoms. The standard InChI is InChI=1S/C14H20N2O4/c17-12-6-9(7-15-12)13(18)16-10-4-2-1-3-8(10)5-11(16)14(19)20/h8-11H,1-7H2,(H,15,17)(H,19,20). The lowest BCUT2D eigenvalue weighted by molar-refractivity contribution is -0.151. The molecule has 0 aromatic heterocycles. The summed E-state index contributed by atoms with van der Waals surface area (Å²) in [5.41, 5.74) is 0. The molecule has 0 radical (unpaired) electrons. The van der Waals surface area contributed by atoms with Gasteiger partial charge in [-0.3, -0.25) is 9.59 Å². The summed E-state index contributed by atoms with van der Waals surface area (Å²) < 4.78 is 0. The molecule has 6 heteroatoms. The molecule has 1 aliphatic carbocycles. The van der Waals surface area contributed by atoms with E-state index in [9.17, 15) is 19.5 Å². The number of nitrogens with zero attached hydrogens (tertiary/aromatic N) is 1. The Kier molecular flexibility index (Phi) is 3.40. The predicted molar refractivity (Wildman–Crippen MR) is 69.7 cm³/mol. The molecule has 4 unspecified atom stereocenters. The topological polar surface area (TPSA) is 86.7 Å². The number of rotatable bonds is 2. The Bertz CT molecular complexity index is 450. The van der Waals surface area contributed by atoms with E-state index >= 15 is 0 Å². The molecule has 2 amide bonds. The van der Waals surface area contributed by atoms with Crippen LogP contribution >= 0.6 is 0 Å². The van der Waals surface area contributed by atoms with Crippen molar-refractivity contribution in [3.05, 3.63) is 0 Å². The quantitative estimate of drug-likeness (QED) is 0.765. The third kappa shape index (κ3) is 2.17. The number of nitrogens with one attached hydrogen (secondary N) is 1. The van der Waals surface area contributed by atoms with E-state index in [0.29, 0.717) is 18.9 Å². The van der Waals surface area contributed by atoms with Crippen molar-refractivity contribution in [1.29, 1.82) is 0 Å². The Labute approximate surface area is 117 Å². The molecule has 0 aromatic rings. The molecule has 2 aliphatic heterocycles. The molecule has 2 saturated heterocycles. The minimum absolute atomic E-state index is 0.0630. The molecule has 110 valence electrons. The number of fused-ring (bicyclic) bond motifs is 1. The highest BCUT2D eigenvalue weighted by atomic mass is 16.4. The monoisotopic (exact) mass is 280 g/mol. The van der Waals surface area contributed by atoms with E-state index in [-0.39, 0.29) is 30.2 Å². The van der Waals surface area contributed by atoms with Crippen LogP contribution in [-0.2, 0) is 14.4 Å². The Hall–Kier alpha value is -1.59. The summed E-state index contributed by atoms with van der Waals surface area (Å²) in [7, 11) is 0. The smallest absolute Gasteiger partial charge is 0.326 e. The average Bonchev–Trinajstić information content (AvgIpc) is 3.01. The third-order valence-corrected chi connectivity index (χ3v) is 4.95. The van der Waals surface area contributed by atoms with Crippen LogP contribution in [0.2, 0.25) is 0 Å². The van der Waals surface area contributed by atoms with Gasteiger partial charge in [0, 0.05) is 19.0 Å². The molecule has 4 atom stereocenters. The van der Waals surface area contributed by atoms with E-state index in [0.717, 1.165) is 25.7 Å². The van der Waals surface area contributed by atoms with Gasteiger partial charge in [0.1, 0.15) is 6.04 Å². The highest BCUT2D eigenvalue weighted by molar-refractivity contribution is 5.92. The molecular weight excluding hydrogens is 260 g/mol. The Balaban J connectivity index is 1.81. The van der Waals surface area contributed by atoms with Gasteiger partial charge in [-0.05, 0) is 25.2 Å². The van der Waals surface area contributed by atoms with E-state index < -0.39 is 12.0 Å². The van der Waals surface area contributed by atoms with Gasteiger partial charge in [0.2, 0.25) is 11.8 Å².